The van der Waals surface area contributed by atoms with E-state index in [-0.39, 0.29) is 0 Å². The summed E-state index contributed by atoms with van der Waals surface area (Å²) in [5, 5.41) is 4.19. The lowest BCUT2D eigenvalue weighted by Crippen LogP contribution is -2.06. The molecule has 0 radical (unpaired) electrons. The second-order valence-corrected chi connectivity index (χ2v) is 3.61. The van der Waals surface area contributed by atoms with Crippen LogP contribution in [0.25, 0.3) is 0 Å². The van der Waals surface area contributed by atoms with Gasteiger partial charge in [-0.15, -0.1) is 0 Å². The van der Waals surface area contributed by atoms with Crippen LogP contribution in [0.15, 0.2) is 24.4 Å². The Morgan fingerprint density at radius 2 is 2.13 bits per heavy atom. The van der Waals surface area contributed by atoms with E-state index in [1.54, 1.807) is 6.20 Å². The van der Waals surface area contributed by atoms with Crippen molar-refractivity contribution in [2.75, 3.05) is 5.73 Å². The maximum Gasteiger partial charge on any atom is 0.0835 e. The van der Waals surface area contributed by atoms with Crippen LogP contribution in [0, 0.1) is 13.8 Å². The summed E-state index contributed by atoms with van der Waals surface area (Å²) in [6, 6.07) is 5.97. The molecule has 0 aliphatic carbocycles. The molecule has 2 N–H and O–H groups in total. The Morgan fingerprint density at radius 1 is 1.33 bits per heavy atom. The predicted molar refractivity (Wildman–Crippen MR) is 59.5 cm³/mol. The van der Waals surface area contributed by atoms with Crippen LogP contribution in [0.1, 0.15) is 17.1 Å². The van der Waals surface area contributed by atoms with Crippen molar-refractivity contribution in [1.29, 1.82) is 0 Å². The average Bonchev–Trinajstić information content (AvgIpc) is 2.50. The van der Waals surface area contributed by atoms with Crippen molar-refractivity contribution in [2.24, 2.45) is 0 Å². The minimum atomic E-state index is 0.671. The Kier molecular flexibility index (Phi) is 2.41. The summed E-state index contributed by atoms with van der Waals surface area (Å²) >= 11 is 0. The fourth-order valence-corrected chi connectivity index (χ4v) is 1.46. The number of rotatable bonds is 2. The summed E-state index contributed by atoms with van der Waals surface area (Å²) in [7, 11) is 0. The minimum absolute atomic E-state index is 0.671. The third kappa shape index (κ3) is 1.98. The molecule has 2 aromatic rings. The SMILES string of the molecule is Cc1cccc(Cn2ncc(N)c2C)n1. The molecule has 2 aromatic heterocycles. The summed E-state index contributed by atoms with van der Waals surface area (Å²) in [5.41, 5.74) is 9.45. The van der Waals surface area contributed by atoms with Gasteiger partial charge < -0.3 is 5.73 Å². The van der Waals surface area contributed by atoms with Crippen LogP contribution in [0.2, 0.25) is 0 Å². The van der Waals surface area contributed by atoms with Crippen molar-refractivity contribution >= 4 is 5.69 Å². The molecule has 2 heterocycles. The zero-order valence-electron chi connectivity index (χ0n) is 8.94. The molecule has 4 nitrogen and oxygen atoms in total. The lowest BCUT2D eigenvalue weighted by atomic mass is 10.3. The third-order valence-corrected chi connectivity index (χ3v) is 2.40. The van der Waals surface area contributed by atoms with Crippen molar-refractivity contribution in [2.45, 2.75) is 20.4 Å². The Balaban J connectivity index is 2.26. The molecular formula is C11H14N4. The van der Waals surface area contributed by atoms with Crippen LogP contribution in [-0.4, -0.2) is 14.8 Å². The molecule has 0 aliphatic heterocycles. The van der Waals surface area contributed by atoms with Gasteiger partial charge in [-0.1, -0.05) is 6.07 Å². The number of aromatic nitrogens is 3. The quantitative estimate of drug-likeness (QED) is 0.803. The Labute approximate surface area is 88.8 Å². The molecule has 0 unspecified atom stereocenters. The topological polar surface area (TPSA) is 56.7 Å². The highest BCUT2D eigenvalue weighted by atomic mass is 15.3. The second kappa shape index (κ2) is 3.73. The number of nitrogens with two attached hydrogens (primary N) is 1. The van der Waals surface area contributed by atoms with Gasteiger partial charge in [-0.3, -0.25) is 9.67 Å². The van der Waals surface area contributed by atoms with Gasteiger partial charge in [0.25, 0.3) is 0 Å². The van der Waals surface area contributed by atoms with E-state index in [9.17, 15) is 0 Å². The Morgan fingerprint density at radius 3 is 2.73 bits per heavy atom. The highest BCUT2D eigenvalue weighted by Crippen LogP contribution is 2.10. The van der Waals surface area contributed by atoms with Gasteiger partial charge in [-0.05, 0) is 26.0 Å². The van der Waals surface area contributed by atoms with Crippen LogP contribution in [0.5, 0.6) is 0 Å². The number of hydrogen-bond acceptors (Lipinski definition) is 3. The Hall–Kier alpha value is -1.84. The number of hydrogen-bond donors (Lipinski definition) is 1. The van der Waals surface area contributed by atoms with Crippen molar-refractivity contribution in [3.63, 3.8) is 0 Å². The molecule has 0 fully saturated rings. The normalized spacial score (nSPS) is 10.5. The third-order valence-electron chi connectivity index (χ3n) is 2.40. The number of nitrogen functional groups attached to an aromatic ring is 1. The van der Waals surface area contributed by atoms with Crippen LogP contribution in [0.4, 0.5) is 5.69 Å². The molecule has 0 aromatic carbocycles. The lowest BCUT2D eigenvalue weighted by molar-refractivity contribution is 0.651. The first-order chi connectivity index (χ1) is 7.16. The summed E-state index contributed by atoms with van der Waals surface area (Å²) in [6.45, 7) is 4.61. The van der Waals surface area contributed by atoms with E-state index in [2.05, 4.69) is 10.1 Å². The van der Waals surface area contributed by atoms with E-state index >= 15 is 0 Å². The molecule has 0 aliphatic rings. The molecule has 0 saturated heterocycles. The molecule has 15 heavy (non-hydrogen) atoms. The van der Waals surface area contributed by atoms with Gasteiger partial charge >= 0.3 is 0 Å². The molecule has 0 amide bonds. The van der Waals surface area contributed by atoms with E-state index in [0.29, 0.717) is 6.54 Å². The number of nitrogens with zero attached hydrogens (tertiary/aromatic N) is 3. The lowest BCUT2D eigenvalue weighted by Gasteiger charge is -2.04. The maximum atomic E-state index is 5.72. The second-order valence-electron chi connectivity index (χ2n) is 3.61. The van der Waals surface area contributed by atoms with E-state index < -0.39 is 0 Å². The standard InChI is InChI=1S/C11H14N4/c1-8-4-3-5-10(14-8)7-15-9(2)11(12)6-13-15/h3-6H,7,12H2,1-2H3. The van der Waals surface area contributed by atoms with Gasteiger partial charge in [0.1, 0.15) is 0 Å². The fourth-order valence-electron chi connectivity index (χ4n) is 1.46. The molecule has 78 valence electrons. The van der Waals surface area contributed by atoms with Crippen LogP contribution < -0.4 is 5.73 Å². The van der Waals surface area contributed by atoms with Crippen molar-refractivity contribution in [3.05, 3.63) is 41.5 Å². The average molecular weight is 202 g/mol. The zero-order chi connectivity index (χ0) is 10.8. The number of aryl methyl sites for hydroxylation is 1. The summed E-state index contributed by atoms with van der Waals surface area (Å²) in [4.78, 5) is 4.42. The van der Waals surface area contributed by atoms with Gasteiger partial charge in [-0.2, -0.15) is 5.10 Å². The molecule has 0 atom stereocenters. The minimum Gasteiger partial charge on any atom is -0.396 e. The monoisotopic (exact) mass is 202 g/mol. The smallest absolute Gasteiger partial charge is 0.0835 e. The highest BCUT2D eigenvalue weighted by Gasteiger charge is 2.04. The van der Waals surface area contributed by atoms with E-state index in [0.717, 1.165) is 22.8 Å². The molecule has 2 rings (SSSR count). The highest BCUT2D eigenvalue weighted by molar-refractivity contribution is 5.39. The van der Waals surface area contributed by atoms with Gasteiger partial charge in [-0.25, -0.2) is 0 Å². The molecule has 0 bridgehead atoms. The van der Waals surface area contributed by atoms with Crippen LogP contribution in [0.3, 0.4) is 0 Å². The van der Waals surface area contributed by atoms with Crippen molar-refractivity contribution in [1.82, 2.24) is 14.8 Å². The molecule has 0 spiro atoms. The van der Waals surface area contributed by atoms with Gasteiger partial charge in [0.2, 0.25) is 0 Å². The number of pyridine rings is 1. The Bertz CT molecular complexity index is 473. The van der Waals surface area contributed by atoms with Crippen molar-refractivity contribution < 1.29 is 0 Å². The largest absolute Gasteiger partial charge is 0.396 e. The molecule has 0 saturated carbocycles. The van der Waals surface area contributed by atoms with Crippen molar-refractivity contribution in [3.8, 4) is 0 Å². The van der Waals surface area contributed by atoms with Gasteiger partial charge in [0.15, 0.2) is 0 Å². The van der Waals surface area contributed by atoms with E-state index in [1.165, 1.54) is 0 Å². The van der Waals surface area contributed by atoms with E-state index in [1.807, 2.05) is 36.7 Å². The summed E-state index contributed by atoms with van der Waals surface area (Å²) < 4.78 is 1.86. The van der Waals surface area contributed by atoms with Gasteiger partial charge in [0, 0.05) is 5.69 Å². The maximum absolute atomic E-state index is 5.72. The summed E-state index contributed by atoms with van der Waals surface area (Å²) in [6.07, 6.45) is 1.67. The van der Waals surface area contributed by atoms with Gasteiger partial charge in [0.05, 0.1) is 29.8 Å². The first kappa shape index (κ1) is 9.71. The fraction of sp³-hybridized carbons (Fsp3) is 0.273. The predicted octanol–water partition coefficient (Wildman–Crippen LogP) is 1.53. The summed E-state index contributed by atoms with van der Waals surface area (Å²) in [5.74, 6) is 0. The number of anilines is 1. The first-order valence-corrected chi connectivity index (χ1v) is 4.87. The zero-order valence-corrected chi connectivity index (χ0v) is 8.94. The van der Waals surface area contributed by atoms with Crippen LogP contribution in [-0.2, 0) is 6.54 Å². The first-order valence-electron chi connectivity index (χ1n) is 4.87. The van der Waals surface area contributed by atoms with E-state index in [4.69, 9.17) is 5.73 Å². The molecule has 4 heteroatoms. The van der Waals surface area contributed by atoms with Crippen LogP contribution >= 0.6 is 0 Å². The molecular weight excluding hydrogens is 188 g/mol.